The molecule has 21 heavy (non-hydrogen) atoms. The predicted molar refractivity (Wildman–Crippen MR) is 91.3 cm³/mol. The Balaban J connectivity index is 0.00000200. The first-order valence-corrected chi connectivity index (χ1v) is 7.03. The predicted octanol–water partition coefficient (Wildman–Crippen LogP) is 2.69. The molecule has 1 unspecified atom stereocenters. The summed E-state index contributed by atoms with van der Waals surface area (Å²) < 4.78 is 0. The van der Waals surface area contributed by atoms with Gasteiger partial charge in [-0.15, -0.1) is 36.2 Å². The summed E-state index contributed by atoms with van der Waals surface area (Å²) in [4.78, 5) is 18.3. The van der Waals surface area contributed by atoms with Crippen LogP contribution >= 0.6 is 36.2 Å². The van der Waals surface area contributed by atoms with Gasteiger partial charge in [0.1, 0.15) is 0 Å². The third-order valence-electron chi connectivity index (χ3n) is 2.99. The molecule has 0 radical (unpaired) electrons. The molecule has 4 nitrogen and oxygen atoms in total. The molecular formula is C14H19Cl2N3OS. The fraction of sp³-hybridized carbons (Fsp3) is 0.286. The number of amides is 1. The molecule has 116 valence electrons. The minimum atomic E-state index is -0.287. The molecule has 2 aromatic rings. The van der Waals surface area contributed by atoms with Gasteiger partial charge in [0.25, 0.3) is 0 Å². The normalized spacial score (nSPS) is 11.0. The van der Waals surface area contributed by atoms with Gasteiger partial charge in [-0.3, -0.25) is 4.79 Å². The number of carbonyl (C=O) groups is 1. The molecule has 0 spiro atoms. The zero-order valence-electron chi connectivity index (χ0n) is 11.6. The van der Waals surface area contributed by atoms with Crippen LogP contribution in [0, 0.1) is 0 Å². The molecule has 0 saturated carbocycles. The average molecular weight is 348 g/mol. The van der Waals surface area contributed by atoms with Crippen LogP contribution in [0.15, 0.2) is 41.2 Å². The fourth-order valence-electron chi connectivity index (χ4n) is 1.97. The van der Waals surface area contributed by atoms with Crippen LogP contribution in [0.25, 0.3) is 0 Å². The molecule has 1 aromatic heterocycles. The Kier molecular flexibility index (Phi) is 9.21. The van der Waals surface area contributed by atoms with E-state index in [1.54, 1.807) is 17.5 Å². The van der Waals surface area contributed by atoms with Crippen molar-refractivity contribution < 1.29 is 4.79 Å². The van der Waals surface area contributed by atoms with E-state index in [1.165, 1.54) is 11.3 Å². The number of carbonyl (C=O) groups excluding carboxylic acids is 1. The van der Waals surface area contributed by atoms with E-state index in [1.807, 2.05) is 35.7 Å². The van der Waals surface area contributed by atoms with Crippen LogP contribution in [0.3, 0.4) is 0 Å². The van der Waals surface area contributed by atoms with Crippen molar-refractivity contribution >= 4 is 42.1 Å². The molecule has 0 fully saturated rings. The van der Waals surface area contributed by atoms with E-state index in [4.69, 9.17) is 5.73 Å². The molecule has 0 aliphatic rings. The Morgan fingerprint density at radius 2 is 2.00 bits per heavy atom. The van der Waals surface area contributed by atoms with Gasteiger partial charge in [-0.1, -0.05) is 30.3 Å². The Morgan fingerprint density at radius 1 is 1.33 bits per heavy atom. The van der Waals surface area contributed by atoms with Crippen molar-refractivity contribution in [3.05, 3.63) is 52.5 Å². The molecule has 2 N–H and O–H groups in total. The maximum absolute atomic E-state index is 12.4. The first kappa shape index (κ1) is 19.9. The summed E-state index contributed by atoms with van der Waals surface area (Å²) in [7, 11) is 1.78. The summed E-state index contributed by atoms with van der Waals surface area (Å²) in [5.74, 6) is -0.258. The number of likely N-dealkylation sites (N-methyl/N-ethyl adjacent to an activating group) is 1. The zero-order chi connectivity index (χ0) is 13.7. The molecule has 7 heteroatoms. The van der Waals surface area contributed by atoms with Crippen molar-refractivity contribution in [3.63, 3.8) is 0 Å². The molecule has 0 aliphatic carbocycles. The third-order valence-corrected chi connectivity index (χ3v) is 3.63. The molecule has 2 rings (SSSR count). The van der Waals surface area contributed by atoms with Gasteiger partial charge in [0.2, 0.25) is 5.91 Å². The highest BCUT2D eigenvalue weighted by atomic mass is 35.5. The maximum Gasteiger partial charge on any atom is 0.231 e. The van der Waals surface area contributed by atoms with Gasteiger partial charge in [-0.2, -0.15) is 0 Å². The number of hydrogen-bond acceptors (Lipinski definition) is 4. The second-order valence-corrected chi connectivity index (χ2v) is 5.09. The molecule has 1 heterocycles. The second kappa shape index (κ2) is 9.73. The van der Waals surface area contributed by atoms with E-state index in [-0.39, 0.29) is 36.6 Å². The molecular weight excluding hydrogens is 329 g/mol. The number of hydrogen-bond donors (Lipinski definition) is 1. The van der Waals surface area contributed by atoms with Crippen molar-refractivity contribution in [3.8, 4) is 0 Å². The van der Waals surface area contributed by atoms with Crippen molar-refractivity contribution in [2.75, 3.05) is 13.6 Å². The Bertz CT molecular complexity index is 522. The van der Waals surface area contributed by atoms with Crippen molar-refractivity contribution in [1.29, 1.82) is 0 Å². The van der Waals surface area contributed by atoms with Crippen LogP contribution in [-0.4, -0.2) is 29.4 Å². The van der Waals surface area contributed by atoms with Crippen molar-refractivity contribution in [2.24, 2.45) is 5.73 Å². The van der Waals surface area contributed by atoms with E-state index in [0.717, 1.165) is 11.3 Å². The number of benzene rings is 1. The summed E-state index contributed by atoms with van der Waals surface area (Å²) in [6, 6.07) is 9.65. The van der Waals surface area contributed by atoms with E-state index >= 15 is 0 Å². The summed E-state index contributed by atoms with van der Waals surface area (Å²) in [6.45, 7) is 0.829. The molecule has 0 bridgehead atoms. The van der Waals surface area contributed by atoms with Crippen LogP contribution in [0.1, 0.15) is 17.2 Å². The number of rotatable bonds is 5. The Labute approximate surface area is 141 Å². The molecule has 0 aliphatic heterocycles. The minimum absolute atomic E-state index is 0. The summed E-state index contributed by atoms with van der Waals surface area (Å²) in [5.41, 5.74) is 9.39. The highest BCUT2D eigenvalue weighted by Gasteiger charge is 2.22. The zero-order valence-corrected chi connectivity index (χ0v) is 14.1. The number of aromatic nitrogens is 1. The second-order valence-electron chi connectivity index (χ2n) is 4.37. The number of nitrogens with zero attached hydrogens (tertiary/aromatic N) is 2. The van der Waals surface area contributed by atoms with Gasteiger partial charge in [-0.25, -0.2) is 4.98 Å². The van der Waals surface area contributed by atoms with E-state index < -0.39 is 0 Å². The lowest BCUT2D eigenvalue weighted by atomic mass is 9.98. The lowest BCUT2D eigenvalue weighted by Crippen LogP contribution is -2.34. The van der Waals surface area contributed by atoms with Gasteiger partial charge in [-0.05, 0) is 5.56 Å². The summed E-state index contributed by atoms with van der Waals surface area (Å²) in [5, 5.41) is 1.95. The quantitative estimate of drug-likeness (QED) is 0.904. The topological polar surface area (TPSA) is 59.2 Å². The Morgan fingerprint density at radius 3 is 2.52 bits per heavy atom. The summed E-state index contributed by atoms with van der Waals surface area (Å²) >= 11 is 1.53. The van der Waals surface area contributed by atoms with E-state index in [9.17, 15) is 4.79 Å². The van der Waals surface area contributed by atoms with E-state index in [2.05, 4.69) is 4.98 Å². The van der Waals surface area contributed by atoms with Gasteiger partial charge in [0, 0.05) is 19.0 Å². The van der Waals surface area contributed by atoms with Crippen LogP contribution in [-0.2, 0) is 11.3 Å². The number of thiazole rings is 1. The standard InChI is InChI=1S/C14H17N3OS.2ClH/c1-17(8-12-9-19-10-16-12)14(18)13(7-15)11-5-3-2-4-6-11;;/h2-6,9-10,13H,7-8,15H2,1H3;2*1H. The number of halogens is 2. The van der Waals surface area contributed by atoms with Crippen LogP contribution in [0.5, 0.6) is 0 Å². The lowest BCUT2D eigenvalue weighted by molar-refractivity contribution is -0.131. The highest BCUT2D eigenvalue weighted by molar-refractivity contribution is 7.07. The molecule has 1 atom stereocenters. The first-order chi connectivity index (χ1) is 9.22. The molecule has 0 saturated heterocycles. The van der Waals surface area contributed by atoms with Crippen LogP contribution in [0.4, 0.5) is 0 Å². The van der Waals surface area contributed by atoms with Crippen molar-refractivity contribution in [2.45, 2.75) is 12.5 Å². The van der Waals surface area contributed by atoms with Crippen LogP contribution < -0.4 is 5.73 Å². The molecule has 1 amide bonds. The summed E-state index contributed by atoms with van der Waals surface area (Å²) in [6.07, 6.45) is 0. The van der Waals surface area contributed by atoms with Crippen LogP contribution in [0.2, 0.25) is 0 Å². The first-order valence-electron chi connectivity index (χ1n) is 6.09. The van der Waals surface area contributed by atoms with Gasteiger partial charge >= 0.3 is 0 Å². The van der Waals surface area contributed by atoms with Gasteiger partial charge < -0.3 is 10.6 Å². The minimum Gasteiger partial charge on any atom is -0.339 e. The maximum atomic E-state index is 12.4. The number of nitrogens with two attached hydrogens (primary N) is 1. The van der Waals surface area contributed by atoms with Gasteiger partial charge in [0.05, 0.1) is 23.7 Å². The molecule has 1 aromatic carbocycles. The fourth-order valence-corrected chi connectivity index (χ4v) is 2.52. The highest BCUT2D eigenvalue weighted by Crippen LogP contribution is 2.17. The average Bonchev–Trinajstić information content (AvgIpc) is 2.93. The largest absolute Gasteiger partial charge is 0.339 e. The lowest BCUT2D eigenvalue weighted by Gasteiger charge is -2.22. The van der Waals surface area contributed by atoms with Crippen molar-refractivity contribution in [1.82, 2.24) is 9.88 Å². The SMILES string of the molecule is CN(Cc1cscn1)C(=O)C(CN)c1ccccc1.Cl.Cl. The van der Waals surface area contributed by atoms with Gasteiger partial charge in [0.15, 0.2) is 0 Å². The third kappa shape index (κ3) is 5.28. The monoisotopic (exact) mass is 347 g/mol. The van der Waals surface area contributed by atoms with E-state index in [0.29, 0.717) is 13.1 Å². The smallest absolute Gasteiger partial charge is 0.231 e. The Hall–Kier alpha value is -1.14.